The Morgan fingerprint density at radius 3 is 2.68 bits per heavy atom. The predicted octanol–water partition coefficient (Wildman–Crippen LogP) is 2.61. The van der Waals surface area contributed by atoms with E-state index in [2.05, 4.69) is 15.2 Å². The lowest BCUT2D eigenvalue weighted by atomic mass is 9.98. The van der Waals surface area contributed by atoms with Crippen LogP contribution >= 0.6 is 0 Å². The molecule has 0 bridgehead atoms. The maximum absolute atomic E-state index is 6.10. The molecular weight excluding hydrogens is 314 g/mol. The third kappa shape index (κ3) is 4.52. The van der Waals surface area contributed by atoms with Gasteiger partial charge in [0.15, 0.2) is 0 Å². The predicted molar refractivity (Wildman–Crippen MR) is 97.9 cm³/mol. The molecule has 2 atom stereocenters. The first-order chi connectivity index (χ1) is 12.4. The Morgan fingerprint density at radius 1 is 1.08 bits per heavy atom. The van der Waals surface area contributed by atoms with Crippen molar-refractivity contribution in [3.05, 3.63) is 24.4 Å². The van der Waals surface area contributed by atoms with Gasteiger partial charge in [0, 0.05) is 37.0 Å². The second-order valence-electron chi connectivity index (χ2n) is 7.71. The lowest BCUT2D eigenvalue weighted by Crippen LogP contribution is -2.55. The fourth-order valence-electron chi connectivity index (χ4n) is 4.59. The third-order valence-corrected chi connectivity index (χ3v) is 6.03. The maximum Gasteiger partial charge on any atom is 0.213 e. The number of aromatic nitrogens is 1. The van der Waals surface area contributed by atoms with Gasteiger partial charge in [-0.15, -0.1) is 0 Å². The smallest absolute Gasteiger partial charge is 0.213 e. The molecule has 1 saturated carbocycles. The first kappa shape index (κ1) is 17.3. The van der Waals surface area contributed by atoms with Crippen LogP contribution in [0, 0.1) is 0 Å². The molecule has 3 fully saturated rings. The van der Waals surface area contributed by atoms with Crippen LogP contribution in [0.3, 0.4) is 0 Å². The molecule has 5 nitrogen and oxygen atoms in total. The van der Waals surface area contributed by atoms with E-state index >= 15 is 0 Å². The highest BCUT2D eigenvalue weighted by Crippen LogP contribution is 2.26. The number of nitrogens with one attached hydrogen (secondary N) is 1. The van der Waals surface area contributed by atoms with Crippen LogP contribution in [0.1, 0.15) is 44.9 Å². The van der Waals surface area contributed by atoms with Gasteiger partial charge in [-0.05, 0) is 51.3 Å². The van der Waals surface area contributed by atoms with Gasteiger partial charge in [-0.2, -0.15) is 0 Å². The summed E-state index contributed by atoms with van der Waals surface area (Å²) in [5.74, 6) is 0.695. The molecule has 5 heteroatoms. The summed E-state index contributed by atoms with van der Waals surface area (Å²) >= 11 is 0. The first-order valence-electron chi connectivity index (χ1n) is 10.0. The van der Waals surface area contributed by atoms with Crippen molar-refractivity contribution in [1.82, 2.24) is 15.2 Å². The largest absolute Gasteiger partial charge is 0.470 e. The minimum atomic E-state index is 0.0523. The molecule has 3 aliphatic rings. The molecule has 2 aliphatic heterocycles. The molecule has 4 rings (SSSR count). The summed E-state index contributed by atoms with van der Waals surface area (Å²) < 4.78 is 11.8. The van der Waals surface area contributed by atoms with Crippen LogP contribution in [0.25, 0.3) is 0 Å². The van der Waals surface area contributed by atoms with Crippen molar-refractivity contribution < 1.29 is 9.47 Å². The third-order valence-electron chi connectivity index (χ3n) is 6.03. The van der Waals surface area contributed by atoms with Crippen molar-refractivity contribution >= 4 is 0 Å². The van der Waals surface area contributed by atoms with Crippen LogP contribution in [-0.4, -0.2) is 60.4 Å². The molecule has 2 saturated heterocycles. The maximum atomic E-state index is 6.10. The van der Waals surface area contributed by atoms with Gasteiger partial charge in [0.1, 0.15) is 6.10 Å². The van der Waals surface area contributed by atoms with Crippen molar-refractivity contribution in [2.75, 3.05) is 26.3 Å². The van der Waals surface area contributed by atoms with Gasteiger partial charge < -0.3 is 19.7 Å². The van der Waals surface area contributed by atoms with E-state index in [9.17, 15) is 0 Å². The van der Waals surface area contributed by atoms with Gasteiger partial charge >= 0.3 is 0 Å². The van der Waals surface area contributed by atoms with E-state index in [1.54, 1.807) is 6.20 Å². The van der Waals surface area contributed by atoms with Gasteiger partial charge in [-0.25, -0.2) is 4.98 Å². The Hall–Kier alpha value is -1.17. The Bertz CT molecular complexity index is 513. The molecular formula is C20H31N3O2. The normalized spacial score (nSPS) is 29.8. The van der Waals surface area contributed by atoms with Crippen LogP contribution in [0.5, 0.6) is 5.88 Å². The molecule has 0 aromatic carbocycles. The standard InChI is InChI=1S/C20H31N3O2/c1-2-6-17(5-1)23-12-8-16(9-13-23)22-18-10-14-24-15-19(18)25-20-7-3-4-11-21-20/h3-4,7,11,16-19,22H,1-2,5-6,8-10,12-15H2/t18-,19-/m1/s1. The highest BCUT2D eigenvalue weighted by molar-refractivity contribution is 5.10. The highest BCUT2D eigenvalue weighted by Gasteiger charge is 2.32. The molecule has 0 unspecified atom stereocenters. The number of likely N-dealkylation sites (tertiary alicyclic amines) is 1. The topological polar surface area (TPSA) is 46.6 Å². The average molecular weight is 345 g/mol. The average Bonchev–Trinajstić information content (AvgIpc) is 3.20. The molecule has 1 aromatic heterocycles. The lowest BCUT2D eigenvalue weighted by molar-refractivity contribution is -0.0217. The molecule has 0 amide bonds. The van der Waals surface area contributed by atoms with Gasteiger partial charge in [0.2, 0.25) is 5.88 Å². The summed E-state index contributed by atoms with van der Waals surface area (Å²) in [6.07, 6.45) is 11.0. The number of nitrogens with zero attached hydrogens (tertiary/aromatic N) is 2. The molecule has 1 N–H and O–H groups in total. The Balaban J connectivity index is 1.28. The molecule has 25 heavy (non-hydrogen) atoms. The quantitative estimate of drug-likeness (QED) is 0.889. The summed E-state index contributed by atoms with van der Waals surface area (Å²) in [5.41, 5.74) is 0. The first-order valence-corrected chi connectivity index (χ1v) is 10.0. The zero-order valence-corrected chi connectivity index (χ0v) is 15.1. The Kier molecular flexibility index (Phi) is 5.85. The molecule has 138 valence electrons. The zero-order chi connectivity index (χ0) is 16.9. The van der Waals surface area contributed by atoms with Crippen molar-refractivity contribution in [2.45, 2.75) is 69.2 Å². The number of rotatable bonds is 5. The number of pyridine rings is 1. The van der Waals surface area contributed by atoms with E-state index in [4.69, 9.17) is 9.47 Å². The second kappa shape index (κ2) is 8.47. The van der Waals surface area contributed by atoms with Crippen LogP contribution in [0.2, 0.25) is 0 Å². The van der Waals surface area contributed by atoms with E-state index in [-0.39, 0.29) is 6.10 Å². The lowest BCUT2D eigenvalue weighted by Gasteiger charge is -2.40. The van der Waals surface area contributed by atoms with Crippen molar-refractivity contribution in [1.29, 1.82) is 0 Å². The minimum Gasteiger partial charge on any atom is -0.470 e. The van der Waals surface area contributed by atoms with E-state index in [0.29, 0.717) is 24.6 Å². The van der Waals surface area contributed by atoms with E-state index in [1.807, 2.05) is 18.2 Å². The molecule has 3 heterocycles. The molecule has 0 radical (unpaired) electrons. The molecule has 0 spiro atoms. The van der Waals surface area contributed by atoms with Gasteiger partial charge in [0.25, 0.3) is 0 Å². The van der Waals surface area contributed by atoms with Crippen LogP contribution in [-0.2, 0) is 4.74 Å². The summed E-state index contributed by atoms with van der Waals surface area (Å²) in [7, 11) is 0. The SMILES string of the molecule is c1ccc(O[C@@H]2COCC[C@H]2NC2CCN(C3CCCC3)CC2)nc1. The van der Waals surface area contributed by atoms with Gasteiger partial charge in [0.05, 0.1) is 6.61 Å². The van der Waals surface area contributed by atoms with E-state index in [0.717, 1.165) is 19.1 Å². The molecule has 1 aliphatic carbocycles. The Labute approximate surface area is 151 Å². The van der Waals surface area contributed by atoms with Crippen molar-refractivity contribution in [2.24, 2.45) is 0 Å². The van der Waals surface area contributed by atoms with Crippen molar-refractivity contribution in [3.8, 4) is 5.88 Å². The monoisotopic (exact) mass is 345 g/mol. The van der Waals surface area contributed by atoms with Crippen molar-refractivity contribution in [3.63, 3.8) is 0 Å². The highest BCUT2D eigenvalue weighted by atomic mass is 16.5. The summed E-state index contributed by atoms with van der Waals surface area (Å²) in [5, 5.41) is 3.88. The minimum absolute atomic E-state index is 0.0523. The number of hydrogen-bond donors (Lipinski definition) is 1. The summed E-state index contributed by atoms with van der Waals surface area (Å²) in [6.45, 7) is 3.96. The van der Waals surface area contributed by atoms with Crippen LogP contribution < -0.4 is 10.1 Å². The fraction of sp³-hybridized carbons (Fsp3) is 0.750. The number of hydrogen-bond acceptors (Lipinski definition) is 5. The fourth-order valence-corrected chi connectivity index (χ4v) is 4.59. The summed E-state index contributed by atoms with van der Waals surface area (Å²) in [4.78, 5) is 7.03. The van der Waals surface area contributed by atoms with Gasteiger partial charge in [-0.1, -0.05) is 18.9 Å². The number of piperidine rings is 1. The van der Waals surface area contributed by atoms with Crippen LogP contribution in [0.4, 0.5) is 0 Å². The van der Waals surface area contributed by atoms with Gasteiger partial charge in [-0.3, -0.25) is 0 Å². The zero-order valence-electron chi connectivity index (χ0n) is 15.1. The molecule has 1 aromatic rings. The van der Waals surface area contributed by atoms with Crippen LogP contribution in [0.15, 0.2) is 24.4 Å². The second-order valence-corrected chi connectivity index (χ2v) is 7.71. The van der Waals surface area contributed by atoms with E-state index in [1.165, 1.54) is 51.6 Å². The number of ether oxygens (including phenoxy) is 2. The van der Waals surface area contributed by atoms with E-state index < -0.39 is 0 Å². The summed E-state index contributed by atoms with van der Waals surface area (Å²) in [6, 6.07) is 7.63. The Morgan fingerprint density at radius 2 is 1.92 bits per heavy atom.